The van der Waals surface area contributed by atoms with E-state index in [0.29, 0.717) is 5.69 Å². The number of anilines is 2. The summed E-state index contributed by atoms with van der Waals surface area (Å²) in [6, 6.07) is 3.69. The van der Waals surface area contributed by atoms with Gasteiger partial charge in [0.1, 0.15) is 12.0 Å². The molecule has 0 amide bonds. The van der Waals surface area contributed by atoms with Crippen molar-refractivity contribution < 1.29 is 17.8 Å². The highest BCUT2D eigenvalue weighted by atomic mass is 32.2. The Labute approximate surface area is 120 Å². The van der Waals surface area contributed by atoms with E-state index in [-0.39, 0.29) is 11.7 Å². The molecule has 0 radical (unpaired) electrons. The number of para-hydroxylation sites is 1. The van der Waals surface area contributed by atoms with Crippen LogP contribution in [0.2, 0.25) is 0 Å². The molecule has 0 bridgehead atoms. The van der Waals surface area contributed by atoms with Gasteiger partial charge in [-0.1, -0.05) is 6.07 Å². The van der Waals surface area contributed by atoms with Gasteiger partial charge in [-0.15, -0.1) is 0 Å². The van der Waals surface area contributed by atoms with Gasteiger partial charge in [-0.25, -0.2) is 13.1 Å². The van der Waals surface area contributed by atoms with Crippen LogP contribution in [0.1, 0.15) is 5.69 Å². The summed E-state index contributed by atoms with van der Waals surface area (Å²) in [5.41, 5.74) is 0.0217. The SMILES string of the molecule is CNc1cccc(S(=O)(=O)Nc2nc(C)co2)c1[N+](=O)[O-]. The summed E-state index contributed by atoms with van der Waals surface area (Å²) in [6.45, 7) is 1.62. The normalized spacial score (nSPS) is 11.1. The lowest BCUT2D eigenvalue weighted by Gasteiger charge is -2.08. The zero-order valence-electron chi connectivity index (χ0n) is 11.2. The minimum Gasteiger partial charge on any atom is -0.431 e. The lowest BCUT2D eigenvalue weighted by molar-refractivity contribution is -0.386. The molecule has 0 aliphatic rings. The highest BCUT2D eigenvalue weighted by Gasteiger charge is 2.29. The predicted octanol–water partition coefficient (Wildman–Crippen LogP) is 1.73. The van der Waals surface area contributed by atoms with Gasteiger partial charge in [0.05, 0.1) is 10.6 Å². The molecule has 0 aliphatic carbocycles. The Morgan fingerprint density at radius 2 is 2.10 bits per heavy atom. The number of aryl methyl sites for hydroxylation is 1. The van der Waals surface area contributed by atoms with Gasteiger partial charge in [-0.3, -0.25) is 10.1 Å². The van der Waals surface area contributed by atoms with Crippen molar-refractivity contribution >= 4 is 27.4 Å². The summed E-state index contributed by atoms with van der Waals surface area (Å²) in [4.78, 5) is 13.7. The number of nitro groups is 1. The fourth-order valence-electron chi connectivity index (χ4n) is 1.70. The summed E-state index contributed by atoms with van der Waals surface area (Å²) in [7, 11) is -2.73. The Hall–Kier alpha value is -2.62. The molecule has 0 saturated heterocycles. The van der Waals surface area contributed by atoms with Gasteiger partial charge >= 0.3 is 11.7 Å². The molecule has 0 aliphatic heterocycles. The third-order valence-electron chi connectivity index (χ3n) is 2.58. The zero-order valence-corrected chi connectivity index (χ0v) is 12.0. The number of aromatic nitrogens is 1. The van der Waals surface area contributed by atoms with Gasteiger partial charge in [-0.05, 0) is 19.1 Å². The van der Waals surface area contributed by atoms with Crippen molar-refractivity contribution in [2.75, 3.05) is 17.1 Å². The molecule has 0 fully saturated rings. The van der Waals surface area contributed by atoms with E-state index in [1.807, 2.05) is 0 Å². The van der Waals surface area contributed by atoms with E-state index in [1.54, 1.807) is 6.92 Å². The van der Waals surface area contributed by atoms with Crippen LogP contribution in [0.15, 0.2) is 33.8 Å². The van der Waals surface area contributed by atoms with Crippen LogP contribution in [0.4, 0.5) is 17.4 Å². The molecule has 2 N–H and O–H groups in total. The van der Waals surface area contributed by atoms with Crippen molar-refractivity contribution in [2.24, 2.45) is 0 Å². The number of sulfonamides is 1. The van der Waals surface area contributed by atoms with Crippen molar-refractivity contribution in [1.29, 1.82) is 0 Å². The zero-order chi connectivity index (χ0) is 15.6. The highest BCUT2D eigenvalue weighted by Crippen LogP contribution is 2.32. The first-order chi connectivity index (χ1) is 9.85. The first-order valence-corrected chi connectivity index (χ1v) is 7.23. The van der Waals surface area contributed by atoms with Crippen LogP contribution in [-0.4, -0.2) is 25.4 Å². The van der Waals surface area contributed by atoms with E-state index in [0.717, 1.165) is 6.07 Å². The molecule has 9 nitrogen and oxygen atoms in total. The van der Waals surface area contributed by atoms with E-state index in [1.165, 1.54) is 25.4 Å². The number of hydrogen-bond acceptors (Lipinski definition) is 7. The third kappa shape index (κ3) is 2.94. The molecule has 10 heteroatoms. The average Bonchev–Trinajstić information content (AvgIpc) is 2.82. The molecular formula is C11H12N4O5S. The minimum absolute atomic E-state index is 0.0893. The molecule has 0 spiro atoms. The molecule has 1 heterocycles. The van der Waals surface area contributed by atoms with Crippen LogP contribution >= 0.6 is 0 Å². The molecule has 0 unspecified atom stereocenters. The van der Waals surface area contributed by atoms with Crippen LogP contribution in [0.3, 0.4) is 0 Å². The maximum absolute atomic E-state index is 12.3. The number of oxazole rings is 1. The molecular weight excluding hydrogens is 300 g/mol. The molecule has 2 rings (SSSR count). The fraction of sp³-hybridized carbons (Fsp3) is 0.182. The first-order valence-electron chi connectivity index (χ1n) is 5.75. The van der Waals surface area contributed by atoms with E-state index in [4.69, 9.17) is 4.42 Å². The average molecular weight is 312 g/mol. The molecule has 0 saturated carbocycles. The predicted molar refractivity (Wildman–Crippen MR) is 74.7 cm³/mol. The maximum atomic E-state index is 12.3. The molecule has 112 valence electrons. The number of nitrogens with zero attached hydrogens (tertiary/aromatic N) is 2. The maximum Gasteiger partial charge on any atom is 0.312 e. The first kappa shape index (κ1) is 14.8. The van der Waals surface area contributed by atoms with Crippen LogP contribution in [-0.2, 0) is 10.0 Å². The monoisotopic (exact) mass is 312 g/mol. The van der Waals surface area contributed by atoms with Gasteiger partial charge in [0.15, 0.2) is 4.90 Å². The van der Waals surface area contributed by atoms with Gasteiger partial charge in [0, 0.05) is 7.05 Å². The fourth-order valence-corrected chi connectivity index (χ4v) is 2.83. The minimum atomic E-state index is -4.20. The van der Waals surface area contributed by atoms with Crippen molar-refractivity contribution in [3.8, 4) is 0 Å². The summed E-state index contributed by atoms with van der Waals surface area (Å²) < 4.78 is 31.5. The van der Waals surface area contributed by atoms with Crippen molar-refractivity contribution in [1.82, 2.24) is 4.98 Å². The third-order valence-corrected chi connectivity index (χ3v) is 3.93. The van der Waals surface area contributed by atoms with Crippen LogP contribution in [0, 0.1) is 17.0 Å². The van der Waals surface area contributed by atoms with Gasteiger partial charge in [-0.2, -0.15) is 4.98 Å². The van der Waals surface area contributed by atoms with Crippen molar-refractivity contribution in [3.05, 3.63) is 40.3 Å². The number of hydrogen-bond donors (Lipinski definition) is 2. The summed E-state index contributed by atoms with van der Waals surface area (Å²) in [5, 5.41) is 13.7. The van der Waals surface area contributed by atoms with Gasteiger partial charge in [0.25, 0.3) is 10.0 Å². The number of nitro benzene ring substituents is 1. The quantitative estimate of drug-likeness (QED) is 0.635. The van der Waals surface area contributed by atoms with Crippen LogP contribution < -0.4 is 10.0 Å². The summed E-state index contributed by atoms with van der Waals surface area (Å²) in [6.07, 6.45) is 1.26. The van der Waals surface area contributed by atoms with E-state index >= 15 is 0 Å². The van der Waals surface area contributed by atoms with Crippen molar-refractivity contribution in [2.45, 2.75) is 11.8 Å². The largest absolute Gasteiger partial charge is 0.431 e. The summed E-state index contributed by atoms with van der Waals surface area (Å²) >= 11 is 0. The molecule has 1 aromatic heterocycles. The van der Waals surface area contributed by atoms with E-state index < -0.39 is 25.5 Å². The van der Waals surface area contributed by atoms with Crippen LogP contribution in [0.25, 0.3) is 0 Å². The van der Waals surface area contributed by atoms with Gasteiger partial charge < -0.3 is 9.73 Å². The van der Waals surface area contributed by atoms with E-state index in [9.17, 15) is 18.5 Å². The second-order valence-electron chi connectivity index (χ2n) is 4.06. The topological polar surface area (TPSA) is 127 Å². The molecule has 2 aromatic rings. The Morgan fingerprint density at radius 1 is 1.38 bits per heavy atom. The highest BCUT2D eigenvalue weighted by molar-refractivity contribution is 7.92. The van der Waals surface area contributed by atoms with Crippen LogP contribution in [0.5, 0.6) is 0 Å². The smallest absolute Gasteiger partial charge is 0.312 e. The van der Waals surface area contributed by atoms with E-state index in [2.05, 4.69) is 15.0 Å². The Morgan fingerprint density at radius 3 is 2.62 bits per heavy atom. The number of benzene rings is 1. The Bertz CT molecular complexity index is 784. The second-order valence-corrected chi connectivity index (χ2v) is 5.71. The number of rotatable bonds is 5. The molecule has 0 atom stereocenters. The Kier molecular flexibility index (Phi) is 3.80. The number of nitrogens with one attached hydrogen (secondary N) is 2. The Balaban J connectivity index is 2.52. The second kappa shape index (κ2) is 5.40. The summed E-state index contributed by atoms with van der Waals surface area (Å²) in [5.74, 6) is 0. The standard InChI is InChI=1S/C11H12N4O5S/c1-7-6-20-11(13-7)14-21(18,19)9-5-3-4-8(12-2)10(9)15(16)17/h3-6,12H,1-2H3,(H,13,14). The van der Waals surface area contributed by atoms with Gasteiger partial charge in [0.2, 0.25) is 0 Å². The van der Waals surface area contributed by atoms with Crippen molar-refractivity contribution in [3.63, 3.8) is 0 Å². The lowest BCUT2D eigenvalue weighted by atomic mass is 10.3. The molecule has 21 heavy (non-hydrogen) atoms. The molecule has 1 aromatic carbocycles. The lowest BCUT2D eigenvalue weighted by Crippen LogP contribution is -2.15.